The highest BCUT2D eigenvalue weighted by molar-refractivity contribution is 5.96. The predicted octanol–water partition coefficient (Wildman–Crippen LogP) is 2.29. The van der Waals surface area contributed by atoms with Crippen LogP contribution in [0.2, 0.25) is 0 Å². The summed E-state index contributed by atoms with van der Waals surface area (Å²) in [6, 6.07) is 9.72. The zero-order valence-corrected chi connectivity index (χ0v) is 16.5. The van der Waals surface area contributed by atoms with E-state index in [1.165, 1.54) is 19.2 Å². The third-order valence-corrected chi connectivity index (χ3v) is 4.12. The van der Waals surface area contributed by atoms with Crippen molar-refractivity contribution in [3.05, 3.63) is 58.9 Å². The number of para-hydroxylation sites is 1. The van der Waals surface area contributed by atoms with E-state index in [1.807, 2.05) is 32.0 Å². The standard InChI is InChI=1S/C21H23FN2O5/c1-13-5-4-6-14(2)21(13)24-18(25)11-23-19(26)12-29-20(27)10-15-7-8-17(28-3)16(22)9-15/h4-9H,10-12H2,1-3H3,(H,23,26)(H,24,25). The largest absolute Gasteiger partial charge is 0.494 e. The molecule has 7 nitrogen and oxygen atoms in total. The molecule has 2 N–H and O–H groups in total. The lowest BCUT2D eigenvalue weighted by molar-refractivity contribution is -0.147. The number of ether oxygens (including phenoxy) is 2. The van der Waals surface area contributed by atoms with E-state index in [2.05, 4.69) is 10.6 Å². The molecule has 0 spiro atoms. The van der Waals surface area contributed by atoms with Crippen molar-refractivity contribution in [2.24, 2.45) is 0 Å². The van der Waals surface area contributed by atoms with Crippen molar-refractivity contribution in [1.82, 2.24) is 5.32 Å². The van der Waals surface area contributed by atoms with Crippen LogP contribution in [0.15, 0.2) is 36.4 Å². The molecule has 0 aliphatic carbocycles. The number of carbonyl (C=O) groups is 3. The van der Waals surface area contributed by atoms with E-state index in [9.17, 15) is 18.8 Å². The van der Waals surface area contributed by atoms with Crippen molar-refractivity contribution in [3.63, 3.8) is 0 Å². The number of hydrogen-bond donors (Lipinski definition) is 2. The Labute approximate surface area is 168 Å². The third-order valence-electron chi connectivity index (χ3n) is 4.12. The Balaban J connectivity index is 1.74. The summed E-state index contributed by atoms with van der Waals surface area (Å²) >= 11 is 0. The first-order valence-electron chi connectivity index (χ1n) is 8.91. The zero-order valence-electron chi connectivity index (χ0n) is 16.5. The molecule has 2 rings (SSSR count). The number of aryl methyl sites for hydroxylation is 2. The Bertz CT molecular complexity index is 894. The lowest BCUT2D eigenvalue weighted by atomic mass is 10.1. The predicted molar refractivity (Wildman–Crippen MR) is 105 cm³/mol. The van der Waals surface area contributed by atoms with Crippen molar-refractivity contribution in [2.45, 2.75) is 20.3 Å². The molecule has 2 amide bonds. The Morgan fingerprint density at radius 3 is 2.34 bits per heavy atom. The highest BCUT2D eigenvalue weighted by Crippen LogP contribution is 2.19. The van der Waals surface area contributed by atoms with E-state index in [-0.39, 0.29) is 18.7 Å². The van der Waals surface area contributed by atoms with Crippen LogP contribution < -0.4 is 15.4 Å². The molecule has 0 saturated heterocycles. The smallest absolute Gasteiger partial charge is 0.310 e. The van der Waals surface area contributed by atoms with E-state index in [1.54, 1.807) is 0 Å². The van der Waals surface area contributed by atoms with Crippen LogP contribution in [0.5, 0.6) is 5.75 Å². The molecule has 0 atom stereocenters. The summed E-state index contributed by atoms with van der Waals surface area (Å²) in [5.41, 5.74) is 2.91. The fourth-order valence-corrected chi connectivity index (χ4v) is 2.61. The van der Waals surface area contributed by atoms with Crippen LogP contribution in [0.3, 0.4) is 0 Å². The molecule has 154 valence electrons. The number of nitrogens with one attached hydrogen (secondary N) is 2. The number of hydrogen-bond acceptors (Lipinski definition) is 5. The Hall–Kier alpha value is -3.42. The summed E-state index contributed by atoms with van der Waals surface area (Å²) in [7, 11) is 1.34. The van der Waals surface area contributed by atoms with Gasteiger partial charge in [-0.15, -0.1) is 0 Å². The fourth-order valence-electron chi connectivity index (χ4n) is 2.61. The molecular weight excluding hydrogens is 379 g/mol. The fraction of sp³-hybridized carbons (Fsp3) is 0.286. The molecule has 8 heteroatoms. The Morgan fingerprint density at radius 2 is 1.72 bits per heavy atom. The minimum Gasteiger partial charge on any atom is -0.494 e. The van der Waals surface area contributed by atoms with Crippen LogP contribution in [0.1, 0.15) is 16.7 Å². The van der Waals surface area contributed by atoms with Gasteiger partial charge in [-0.05, 0) is 42.7 Å². The molecular formula is C21H23FN2O5. The van der Waals surface area contributed by atoms with Crippen molar-refractivity contribution in [2.75, 3.05) is 25.6 Å². The van der Waals surface area contributed by atoms with Gasteiger partial charge in [0.1, 0.15) is 0 Å². The van der Waals surface area contributed by atoms with Gasteiger partial charge in [0.05, 0.1) is 20.1 Å². The minimum atomic E-state index is -0.690. The molecule has 0 radical (unpaired) electrons. The first-order chi connectivity index (χ1) is 13.8. The molecule has 0 fully saturated rings. The quantitative estimate of drug-likeness (QED) is 0.661. The zero-order chi connectivity index (χ0) is 21.4. The summed E-state index contributed by atoms with van der Waals surface area (Å²) in [4.78, 5) is 35.6. The summed E-state index contributed by atoms with van der Waals surface area (Å²) < 4.78 is 23.3. The maximum atomic E-state index is 13.6. The topological polar surface area (TPSA) is 93.7 Å². The van der Waals surface area contributed by atoms with Gasteiger partial charge in [-0.1, -0.05) is 24.3 Å². The molecule has 0 saturated carbocycles. The minimum absolute atomic E-state index is 0.0701. The summed E-state index contributed by atoms with van der Waals surface area (Å²) in [6.45, 7) is 2.95. The van der Waals surface area contributed by atoms with Crippen LogP contribution in [-0.4, -0.2) is 38.0 Å². The van der Waals surface area contributed by atoms with Crippen LogP contribution in [0, 0.1) is 19.7 Å². The van der Waals surface area contributed by atoms with E-state index in [4.69, 9.17) is 9.47 Å². The van der Waals surface area contributed by atoms with Gasteiger partial charge >= 0.3 is 5.97 Å². The molecule has 0 aliphatic heterocycles. The molecule has 0 unspecified atom stereocenters. The second-order valence-electron chi connectivity index (χ2n) is 6.40. The van der Waals surface area contributed by atoms with Gasteiger partial charge in [-0.25, -0.2) is 4.39 Å². The van der Waals surface area contributed by atoms with E-state index in [0.717, 1.165) is 17.2 Å². The second kappa shape index (κ2) is 10.2. The number of amides is 2. The lowest BCUT2D eigenvalue weighted by Crippen LogP contribution is -2.35. The lowest BCUT2D eigenvalue weighted by Gasteiger charge is -2.12. The van der Waals surface area contributed by atoms with Crippen LogP contribution in [-0.2, 0) is 25.5 Å². The van der Waals surface area contributed by atoms with Gasteiger partial charge in [-0.2, -0.15) is 0 Å². The van der Waals surface area contributed by atoms with E-state index in [0.29, 0.717) is 11.3 Å². The number of carbonyl (C=O) groups excluding carboxylic acids is 3. The number of methoxy groups -OCH3 is 1. The van der Waals surface area contributed by atoms with Crippen molar-refractivity contribution in [3.8, 4) is 5.75 Å². The maximum absolute atomic E-state index is 13.6. The number of esters is 1. The number of anilines is 1. The molecule has 0 aromatic heterocycles. The number of rotatable bonds is 8. The van der Waals surface area contributed by atoms with Gasteiger partial charge in [0, 0.05) is 5.69 Å². The van der Waals surface area contributed by atoms with E-state index >= 15 is 0 Å². The first-order valence-corrected chi connectivity index (χ1v) is 8.91. The van der Waals surface area contributed by atoms with Crippen LogP contribution in [0.25, 0.3) is 0 Å². The van der Waals surface area contributed by atoms with Gasteiger partial charge in [0.2, 0.25) is 5.91 Å². The highest BCUT2D eigenvalue weighted by atomic mass is 19.1. The van der Waals surface area contributed by atoms with Crippen LogP contribution >= 0.6 is 0 Å². The second-order valence-corrected chi connectivity index (χ2v) is 6.40. The average molecular weight is 402 g/mol. The monoisotopic (exact) mass is 402 g/mol. The van der Waals surface area contributed by atoms with Crippen molar-refractivity contribution in [1.29, 1.82) is 0 Å². The van der Waals surface area contributed by atoms with Gasteiger partial charge in [-0.3, -0.25) is 14.4 Å². The molecule has 0 aliphatic rings. The molecule has 29 heavy (non-hydrogen) atoms. The number of halogens is 1. The molecule has 0 heterocycles. The third kappa shape index (κ3) is 6.60. The number of benzene rings is 2. The Kier molecular flexibility index (Phi) is 7.70. The van der Waals surface area contributed by atoms with Gasteiger partial charge < -0.3 is 20.1 Å². The SMILES string of the molecule is COc1ccc(CC(=O)OCC(=O)NCC(=O)Nc2c(C)cccc2C)cc1F. The van der Waals surface area contributed by atoms with E-state index < -0.39 is 30.2 Å². The van der Waals surface area contributed by atoms with Gasteiger partial charge in [0.15, 0.2) is 18.2 Å². The maximum Gasteiger partial charge on any atom is 0.310 e. The summed E-state index contributed by atoms with van der Waals surface area (Å²) in [5.74, 6) is -2.22. The normalized spacial score (nSPS) is 10.2. The first kappa shape index (κ1) is 21.9. The molecule has 0 bridgehead atoms. The molecule has 2 aromatic rings. The average Bonchev–Trinajstić information content (AvgIpc) is 2.68. The summed E-state index contributed by atoms with van der Waals surface area (Å²) in [6.07, 6.45) is -0.193. The van der Waals surface area contributed by atoms with Crippen molar-refractivity contribution < 1.29 is 28.2 Å². The highest BCUT2D eigenvalue weighted by Gasteiger charge is 2.12. The summed E-state index contributed by atoms with van der Waals surface area (Å²) in [5, 5.41) is 5.12. The van der Waals surface area contributed by atoms with Gasteiger partial charge in [0.25, 0.3) is 5.91 Å². The van der Waals surface area contributed by atoms with Crippen molar-refractivity contribution >= 4 is 23.5 Å². The van der Waals surface area contributed by atoms with Crippen LogP contribution in [0.4, 0.5) is 10.1 Å². The molecule has 2 aromatic carbocycles. The Morgan fingerprint density at radius 1 is 1.03 bits per heavy atom.